The Morgan fingerprint density at radius 2 is 2.25 bits per heavy atom. The molecule has 0 bridgehead atoms. The summed E-state index contributed by atoms with van der Waals surface area (Å²) in [5.74, 6) is -0.179. The third-order valence-corrected chi connectivity index (χ3v) is 2.18. The number of hydrogen-bond donors (Lipinski definition) is 0. The average Bonchev–Trinajstić information content (AvgIpc) is 2.05. The minimum absolute atomic E-state index is 0.179. The van der Waals surface area contributed by atoms with E-state index in [1.165, 1.54) is 6.07 Å². The molecule has 1 aromatic rings. The van der Waals surface area contributed by atoms with E-state index >= 15 is 0 Å². The van der Waals surface area contributed by atoms with Gasteiger partial charge in [-0.05, 0) is 17.2 Å². The van der Waals surface area contributed by atoms with Gasteiger partial charge in [0.1, 0.15) is 5.82 Å². The lowest BCUT2D eigenvalue weighted by Gasteiger charge is -2.02. The highest BCUT2D eigenvalue weighted by Crippen LogP contribution is 2.13. The van der Waals surface area contributed by atoms with Crippen molar-refractivity contribution >= 4 is 15.9 Å². The lowest BCUT2D eigenvalue weighted by Crippen LogP contribution is -1.91. The molecule has 0 saturated carbocycles. The van der Waals surface area contributed by atoms with Gasteiger partial charge in [-0.25, -0.2) is 4.39 Å². The number of alkyl halides is 1. The van der Waals surface area contributed by atoms with Crippen LogP contribution in [0, 0.1) is 5.82 Å². The number of methoxy groups -OCH3 is 1. The maximum atomic E-state index is 13.1. The lowest BCUT2D eigenvalue weighted by atomic mass is 10.1. The predicted octanol–water partition coefficient (Wildman–Crippen LogP) is 2.87. The molecule has 0 aliphatic carbocycles. The van der Waals surface area contributed by atoms with Gasteiger partial charge < -0.3 is 4.74 Å². The van der Waals surface area contributed by atoms with Crippen molar-refractivity contribution in [3.63, 3.8) is 0 Å². The Labute approximate surface area is 79.7 Å². The van der Waals surface area contributed by atoms with Crippen molar-refractivity contribution in [2.45, 2.75) is 11.9 Å². The van der Waals surface area contributed by atoms with Gasteiger partial charge in [0, 0.05) is 12.4 Å². The molecule has 0 aliphatic heterocycles. The summed E-state index contributed by atoms with van der Waals surface area (Å²) in [6.07, 6.45) is 0. The maximum absolute atomic E-state index is 13.1. The molecule has 0 aliphatic rings. The van der Waals surface area contributed by atoms with Crippen LogP contribution >= 0.6 is 15.9 Å². The fraction of sp³-hybridized carbons (Fsp3) is 0.333. The summed E-state index contributed by atoms with van der Waals surface area (Å²) in [6.45, 7) is 0.458. The monoisotopic (exact) mass is 232 g/mol. The first kappa shape index (κ1) is 9.68. The number of hydrogen-bond acceptors (Lipinski definition) is 1. The Hall–Kier alpha value is -0.410. The van der Waals surface area contributed by atoms with Gasteiger partial charge in [0.25, 0.3) is 0 Å². The second kappa shape index (κ2) is 4.58. The highest BCUT2D eigenvalue weighted by Gasteiger charge is 2.01. The van der Waals surface area contributed by atoms with Gasteiger partial charge in [0.15, 0.2) is 0 Å². The fourth-order valence-corrected chi connectivity index (χ4v) is 1.41. The zero-order valence-corrected chi connectivity index (χ0v) is 8.40. The van der Waals surface area contributed by atoms with Gasteiger partial charge in [0.2, 0.25) is 0 Å². The van der Waals surface area contributed by atoms with Crippen LogP contribution in [-0.2, 0) is 16.7 Å². The molecular weight excluding hydrogens is 223 g/mol. The Morgan fingerprint density at radius 1 is 1.50 bits per heavy atom. The van der Waals surface area contributed by atoms with Crippen LogP contribution in [0.4, 0.5) is 4.39 Å². The van der Waals surface area contributed by atoms with Crippen molar-refractivity contribution < 1.29 is 9.13 Å². The Balaban J connectivity index is 2.86. The van der Waals surface area contributed by atoms with Crippen molar-refractivity contribution in [2.24, 2.45) is 0 Å². The van der Waals surface area contributed by atoms with Crippen molar-refractivity contribution in [1.29, 1.82) is 0 Å². The minimum atomic E-state index is -0.179. The molecule has 3 heteroatoms. The first-order chi connectivity index (χ1) is 5.77. The van der Waals surface area contributed by atoms with Crippen molar-refractivity contribution in [1.82, 2.24) is 0 Å². The molecule has 0 aromatic heterocycles. The molecule has 0 spiro atoms. The summed E-state index contributed by atoms with van der Waals surface area (Å²) >= 11 is 3.20. The molecule has 0 unspecified atom stereocenters. The molecule has 0 heterocycles. The van der Waals surface area contributed by atoms with E-state index in [4.69, 9.17) is 4.74 Å². The number of benzene rings is 1. The van der Waals surface area contributed by atoms with E-state index in [-0.39, 0.29) is 5.82 Å². The third-order valence-electron chi connectivity index (χ3n) is 1.57. The first-order valence-electron chi connectivity index (χ1n) is 3.60. The van der Waals surface area contributed by atoms with Crippen LogP contribution in [0.15, 0.2) is 18.2 Å². The topological polar surface area (TPSA) is 9.23 Å². The van der Waals surface area contributed by atoms with Crippen LogP contribution in [0.5, 0.6) is 0 Å². The van der Waals surface area contributed by atoms with Crippen molar-refractivity contribution in [3.8, 4) is 0 Å². The molecule has 1 aromatic carbocycles. The molecule has 12 heavy (non-hydrogen) atoms. The molecule has 1 nitrogen and oxygen atoms in total. The molecule has 0 N–H and O–H groups in total. The quantitative estimate of drug-likeness (QED) is 0.729. The second-order valence-corrected chi connectivity index (χ2v) is 3.05. The van der Waals surface area contributed by atoms with Crippen molar-refractivity contribution in [3.05, 3.63) is 35.1 Å². The van der Waals surface area contributed by atoms with E-state index in [1.807, 2.05) is 6.07 Å². The molecule has 0 saturated heterocycles. The fourth-order valence-electron chi connectivity index (χ4n) is 0.956. The summed E-state index contributed by atoms with van der Waals surface area (Å²) in [7, 11) is 1.59. The summed E-state index contributed by atoms with van der Waals surface area (Å²) in [5.41, 5.74) is 1.54. The maximum Gasteiger partial charge on any atom is 0.127 e. The first-order valence-corrected chi connectivity index (χ1v) is 4.72. The summed E-state index contributed by atoms with van der Waals surface area (Å²) in [6, 6.07) is 5.13. The second-order valence-electron chi connectivity index (χ2n) is 2.49. The van der Waals surface area contributed by atoms with Crippen LogP contribution in [-0.4, -0.2) is 7.11 Å². The van der Waals surface area contributed by atoms with Gasteiger partial charge in [-0.2, -0.15) is 0 Å². The summed E-state index contributed by atoms with van der Waals surface area (Å²) < 4.78 is 18.0. The van der Waals surface area contributed by atoms with Gasteiger partial charge in [0.05, 0.1) is 6.61 Å². The summed E-state index contributed by atoms with van der Waals surface area (Å²) in [5, 5.41) is 0.548. The highest BCUT2D eigenvalue weighted by molar-refractivity contribution is 9.08. The Morgan fingerprint density at radius 3 is 2.75 bits per heavy atom. The van der Waals surface area contributed by atoms with E-state index in [0.717, 1.165) is 5.56 Å². The number of rotatable bonds is 3. The highest BCUT2D eigenvalue weighted by atomic mass is 79.9. The zero-order chi connectivity index (χ0) is 8.97. The smallest absolute Gasteiger partial charge is 0.127 e. The van der Waals surface area contributed by atoms with Crippen LogP contribution < -0.4 is 0 Å². The average molecular weight is 233 g/mol. The van der Waals surface area contributed by atoms with E-state index in [9.17, 15) is 4.39 Å². The van der Waals surface area contributed by atoms with E-state index in [0.29, 0.717) is 17.5 Å². The largest absolute Gasteiger partial charge is 0.380 e. The molecule has 0 atom stereocenters. The minimum Gasteiger partial charge on any atom is -0.380 e. The van der Waals surface area contributed by atoms with Crippen LogP contribution in [0.2, 0.25) is 0 Å². The van der Waals surface area contributed by atoms with Crippen molar-refractivity contribution in [2.75, 3.05) is 7.11 Å². The lowest BCUT2D eigenvalue weighted by molar-refractivity contribution is 0.184. The SMILES string of the molecule is COCc1ccc(CBr)c(F)c1. The molecule has 0 fully saturated rings. The van der Waals surface area contributed by atoms with Crippen LogP contribution in [0.3, 0.4) is 0 Å². The van der Waals surface area contributed by atoms with E-state index in [2.05, 4.69) is 15.9 Å². The van der Waals surface area contributed by atoms with Gasteiger partial charge in [-0.3, -0.25) is 0 Å². The number of halogens is 2. The van der Waals surface area contributed by atoms with E-state index < -0.39 is 0 Å². The zero-order valence-electron chi connectivity index (χ0n) is 6.81. The molecule has 0 amide bonds. The van der Waals surface area contributed by atoms with Gasteiger partial charge >= 0.3 is 0 Å². The summed E-state index contributed by atoms with van der Waals surface area (Å²) in [4.78, 5) is 0. The van der Waals surface area contributed by atoms with Gasteiger partial charge in [-0.15, -0.1) is 0 Å². The standard InChI is InChI=1S/C9H10BrFO/c1-12-6-7-2-3-8(5-10)9(11)4-7/h2-4H,5-6H2,1H3. The van der Waals surface area contributed by atoms with Gasteiger partial charge in [-0.1, -0.05) is 28.1 Å². The van der Waals surface area contributed by atoms with Crippen LogP contribution in [0.1, 0.15) is 11.1 Å². The predicted molar refractivity (Wildman–Crippen MR) is 49.7 cm³/mol. The number of ether oxygens (including phenoxy) is 1. The third kappa shape index (κ3) is 2.29. The Kier molecular flexibility index (Phi) is 3.69. The van der Waals surface area contributed by atoms with Crippen LogP contribution in [0.25, 0.3) is 0 Å². The molecular formula is C9H10BrFO. The molecule has 66 valence electrons. The molecule has 0 radical (unpaired) electrons. The normalized spacial score (nSPS) is 10.2. The molecule has 1 rings (SSSR count). The Bertz CT molecular complexity index is 263. The van der Waals surface area contributed by atoms with E-state index in [1.54, 1.807) is 13.2 Å².